The van der Waals surface area contributed by atoms with Crippen LogP contribution in [0.1, 0.15) is 56.7 Å². The second kappa shape index (κ2) is 5.38. The van der Waals surface area contributed by atoms with Crippen LogP contribution in [0.25, 0.3) is 0 Å². The standard InChI is InChI=1S/C14H21NO3/c1-6-7-11(16)12-10(15-14(3,4)5)8-9(2)18-13(12)17/h8,15H,6-7H2,1-5H3. The third-order valence-electron chi connectivity index (χ3n) is 2.34. The topological polar surface area (TPSA) is 59.3 Å². The summed E-state index contributed by atoms with van der Waals surface area (Å²) in [6.07, 6.45) is 1.06. The fourth-order valence-electron chi connectivity index (χ4n) is 1.73. The van der Waals surface area contributed by atoms with E-state index in [1.165, 1.54) is 0 Å². The van der Waals surface area contributed by atoms with Crippen molar-refractivity contribution in [2.45, 2.75) is 53.0 Å². The normalized spacial score (nSPS) is 11.4. The molecule has 4 heteroatoms. The molecule has 4 nitrogen and oxygen atoms in total. The highest BCUT2D eigenvalue weighted by molar-refractivity contribution is 6.00. The number of aryl methyl sites for hydroxylation is 1. The molecule has 1 rings (SSSR count). The fourth-order valence-corrected chi connectivity index (χ4v) is 1.73. The minimum Gasteiger partial charge on any atom is -0.428 e. The van der Waals surface area contributed by atoms with Crippen molar-refractivity contribution in [1.29, 1.82) is 0 Å². The molecular weight excluding hydrogens is 230 g/mol. The van der Waals surface area contributed by atoms with Crippen molar-refractivity contribution in [2.24, 2.45) is 0 Å². The van der Waals surface area contributed by atoms with Crippen molar-refractivity contribution in [2.75, 3.05) is 5.32 Å². The summed E-state index contributed by atoms with van der Waals surface area (Å²) in [7, 11) is 0. The van der Waals surface area contributed by atoms with Crippen LogP contribution in [-0.2, 0) is 0 Å². The molecule has 0 aliphatic rings. The lowest BCUT2D eigenvalue weighted by molar-refractivity contribution is 0.0978. The number of hydrogen-bond donors (Lipinski definition) is 1. The van der Waals surface area contributed by atoms with Crippen LogP contribution in [0.4, 0.5) is 5.69 Å². The largest absolute Gasteiger partial charge is 0.428 e. The summed E-state index contributed by atoms with van der Waals surface area (Å²) in [5.41, 5.74) is -0.0751. The lowest BCUT2D eigenvalue weighted by Crippen LogP contribution is -2.29. The number of hydrogen-bond acceptors (Lipinski definition) is 4. The lowest BCUT2D eigenvalue weighted by atomic mass is 10.0. The van der Waals surface area contributed by atoms with Crippen LogP contribution >= 0.6 is 0 Å². The molecule has 1 aromatic rings. The molecule has 0 amide bonds. The van der Waals surface area contributed by atoms with E-state index in [1.807, 2.05) is 27.7 Å². The fraction of sp³-hybridized carbons (Fsp3) is 0.571. The number of anilines is 1. The molecule has 0 aliphatic carbocycles. The van der Waals surface area contributed by atoms with Gasteiger partial charge in [0.05, 0.1) is 5.69 Å². The smallest absolute Gasteiger partial charge is 0.348 e. The molecular formula is C14H21NO3. The third-order valence-corrected chi connectivity index (χ3v) is 2.34. The molecule has 0 bridgehead atoms. The van der Waals surface area contributed by atoms with Crippen LogP contribution in [0.5, 0.6) is 0 Å². The molecule has 1 aromatic heterocycles. The second-order valence-electron chi connectivity index (χ2n) is 5.48. The van der Waals surface area contributed by atoms with E-state index in [0.717, 1.165) is 0 Å². The van der Waals surface area contributed by atoms with Gasteiger partial charge in [-0.05, 0) is 34.1 Å². The molecule has 0 saturated heterocycles. The molecule has 0 unspecified atom stereocenters. The Balaban J connectivity index is 3.30. The maximum atomic E-state index is 12.0. The van der Waals surface area contributed by atoms with E-state index >= 15 is 0 Å². The number of Topliss-reactive ketones (excluding diaryl/α,β-unsaturated/α-hetero) is 1. The molecule has 0 fully saturated rings. The van der Waals surface area contributed by atoms with Gasteiger partial charge in [0, 0.05) is 18.0 Å². The highest BCUT2D eigenvalue weighted by Gasteiger charge is 2.20. The van der Waals surface area contributed by atoms with E-state index in [-0.39, 0.29) is 16.9 Å². The molecule has 0 spiro atoms. The summed E-state index contributed by atoms with van der Waals surface area (Å²) in [6, 6.07) is 1.70. The Labute approximate surface area is 107 Å². The van der Waals surface area contributed by atoms with Crippen molar-refractivity contribution >= 4 is 11.5 Å². The Morgan fingerprint density at radius 2 is 2.00 bits per heavy atom. The summed E-state index contributed by atoms with van der Waals surface area (Å²) in [5.74, 6) is 0.331. The summed E-state index contributed by atoms with van der Waals surface area (Å²) >= 11 is 0. The first-order chi connectivity index (χ1) is 8.24. The summed E-state index contributed by atoms with van der Waals surface area (Å²) in [5, 5.41) is 3.19. The van der Waals surface area contributed by atoms with Gasteiger partial charge in [-0.25, -0.2) is 4.79 Å². The zero-order valence-electron chi connectivity index (χ0n) is 11.7. The van der Waals surface area contributed by atoms with Gasteiger partial charge in [-0.3, -0.25) is 4.79 Å². The van der Waals surface area contributed by atoms with E-state index in [1.54, 1.807) is 13.0 Å². The SMILES string of the molecule is CCCC(=O)c1c(NC(C)(C)C)cc(C)oc1=O. The third kappa shape index (κ3) is 3.72. The first-order valence-corrected chi connectivity index (χ1v) is 6.20. The number of carbonyl (C=O) groups excluding carboxylic acids is 1. The van der Waals surface area contributed by atoms with E-state index in [2.05, 4.69) is 5.32 Å². The van der Waals surface area contributed by atoms with E-state index in [9.17, 15) is 9.59 Å². The zero-order chi connectivity index (χ0) is 13.9. The maximum absolute atomic E-state index is 12.0. The minimum atomic E-state index is -0.555. The van der Waals surface area contributed by atoms with Gasteiger partial charge in [-0.1, -0.05) is 6.92 Å². The van der Waals surface area contributed by atoms with Gasteiger partial charge in [0.2, 0.25) is 0 Å². The Kier molecular flexibility index (Phi) is 4.33. The molecule has 18 heavy (non-hydrogen) atoms. The summed E-state index contributed by atoms with van der Waals surface area (Å²) in [6.45, 7) is 9.54. The average Bonchev–Trinajstić information content (AvgIpc) is 2.13. The highest BCUT2D eigenvalue weighted by Crippen LogP contribution is 2.20. The van der Waals surface area contributed by atoms with Gasteiger partial charge >= 0.3 is 5.63 Å². The van der Waals surface area contributed by atoms with Gasteiger partial charge in [-0.15, -0.1) is 0 Å². The van der Waals surface area contributed by atoms with Gasteiger partial charge in [0.15, 0.2) is 5.78 Å². The first-order valence-electron chi connectivity index (χ1n) is 6.20. The molecule has 0 atom stereocenters. The zero-order valence-corrected chi connectivity index (χ0v) is 11.7. The molecule has 0 aromatic carbocycles. The van der Waals surface area contributed by atoms with E-state index in [0.29, 0.717) is 24.3 Å². The second-order valence-corrected chi connectivity index (χ2v) is 5.48. The highest BCUT2D eigenvalue weighted by atomic mass is 16.4. The molecule has 0 saturated carbocycles. The van der Waals surface area contributed by atoms with Crippen molar-refractivity contribution in [3.05, 3.63) is 27.8 Å². The van der Waals surface area contributed by atoms with Crippen LogP contribution in [0.15, 0.2) is 15.3 Å². The van der Waals surface area contributed by atoms with Crippen LogP contribution < -0.4 is 10.9 Å². The van der Waals surface area contributed by atoms with Gasteiger partial charge in [0.25, 0.3) is 0 Å². The number of ketones is 1. The van der Waals surface area contributed by atoms with Crippen LogP contribution in [0.3, 0.4) is 0 Å². The monoisotopic (exact) mass is 251 g/mol. The van der Waals surface area contributed by atoms with Gasteiger partial charge < -0.3 is 9.73 Å². The Bertz CT molecular complexity index is 495. The van der Waals surface area contributed by atoms with Crippen molar-refractivity contribution in [1.82, 2.24) is 0 Å². The predicted molar refractivity (Wildman–Crippen MR) is 72.3 cm³/mol. The number of carbonyl (C=O) groups is 1. The molecule has 0 aliphatic heterocycles. The number of nitrogens with one attached hydrogen (secondary N) is 1. The number of rotatable bonds is 4. The van der Waals surface area contributed by atoms with Crippen molar-refractivity contribution in [3.8, 4) is 0 Å². The summed E-state index contributed by atoms with van der Waals surface area (Å²) in [4.78, 5) is 23.8. The molecule has 100 valence electrons. The first kappa shape index (κ1) is 14.5. The van der Waals surface area contributed by atoms with Crippen molar-refractivity contribution in [3.63, 3.8) is 0 Å². The Morgan fingerprint density at radius 1 is 1.39 bits per heavy atom. The Morgan fingerprint density at radius 3 is 2.50 bits per heavy atom. The van der Waals surface area contributed by atoms with Crippen LogP contribution in [0, 0.1) is 6.92 Å². The van der Waals surface area contributed by atoms with Crippen LogP contribution in [0.2, 0.25) is 0 Å². The maximum Gasteiger partial charge on any atom is 0.348 e. The quantitative estimate of drug-likeness (QED) is 0.835. The lowest BCUT2D eigenvalue weighted by Gasteiger charge is -2.23. The Hall–Kier alpha value is -1.58. The molecule has 0 radical (unpaired) electrons. The van der Waals surface area contributed by atoms with E-state index < -0.39 is 5.63 Å². The van der Waals surface area contributed by atoms with Crippen molar-refractivity contribution < 1.29 is 9.21 Å². The predicted octanol–water partition coefficient (Wildman–Crippen LogP) is 3.14. The van der Waals surface area contributed by atoms with Gasteiger partial charge in [-0.2, -0.15) is 0 Å². The average molecular weight is 251 g/mol. The minimum absolute atomic E-state index is 0.136. The molecule has 1 heterocycles. The molecule has 1 N–H and O–H groups in total. The van der Waals surface area contributed by atoms with E-state index in [4.69, 9.17) is 4.42 Å². The van der Waals surface area contributed by atoms with Gasteiger partial charge in [0.1, 0.15) is 11.3 Å². The van der Waals surface area contributed by atoms with Crippen LogP contribution in [-0.4, -0.2) is 11.3 Å². The summed E-state index contributed by atoms with van der Waals surface area (Å²) < 4.78 is 5.01.